The summed E-state index contributed by atoms with van der Waals surface area (Å²) in [6.45, 7) is 3.30. The van der Waals surface area contributed by atoms with Gasteiger partial charge in [-0.05, 0) is 51.0 Å². The van der Waals surface area contributed by atoms with Crippen molar-refractivity contribution in [1.82, 2.24) is 5.32 Å². The van der Waals surface area contributed by atoms with Crippen LogP contribution in [-0.4, -0.2) is 40.5 Å². The Kier molecular flexibility index (Phi) is 5.32. The van der Waals surface area contributed by atoms with Crippen molar-refractivity contribution >= 4 is 17.5 Å². The van der Waals surface area contributed by atoms with Crippen LogP contribution in [0.4, 0.5) is 0 Å². The molecule has 0 spiro atoms. The minimum atomic E-state index is -1.05. The lowest BCUT2D eigenvalue weighted by molar-refractivity contribution is -0.135. The van der Waals surface area contributed by atoms with Crippen LogP contribution in [0.5, 0.6) is 5.75 Å². The summed E-state index contributed by atoms with van der Waals surface area (Å²) in [6.07, 6.45) is 0.449. The van der Waals surface area contributed by atoms with Gasteiger partial charge in [-0.2, -0.15) is 0 Å². The first kappa shape index (κ1) is 17.1. The molecule has 1 aliphatic carbocycles. The van der Waals surface area contributed by atoms with Crippen LogP contribution in [0.1, 0.15) is 26.7 Å². The van der Waals surface area contributed by atoms with E-state index in [2.05, 4.69) is 5.32 Å². The summed E-state index contributed by atoms with van der Waals surface area (Å²) in [7, 11) is 0. The molecule has 1 saturated carbocycles. The molecule has 0 heterocycles. The number of hydrogen-bond acceptors (Lipinski definition) is 4. The first-order valence-corrected chi connectivity index (χ1v) is 7.74. The minimum absolute atomic E-state index is 0.0712. The summed E-state index contributed by atoms with van der Waals surface area (Å²) in [5.41, 5.74) is -1.05. The van der Waals surface area contributed by atoms with E-state index in [-0.39, 0.29) is 24.5 Å². The third-order valence-electron chi connectivity index (χ3n) is 3.96. The molecule has 0 unspecified atom stereocenters. The molecule has 1 fully saturated rings. The van der Waals surface area contributed by atoms with Crippen molar-refractivity contribution in [2.45, 2.75) is 44.4 Å². The van der Waals surface area contributed by atoms with Crippen LogP contribution in [0.15, 0.2) is 24.3 Å². The number of amides is 1. The second-order valence-electron chi connectivity index (χ2n) is 6.22. The Morgan fingerprint density at radius 3 is 2.55 bits per heavy atom. The maximum atomic E-state index is 12.4. The molecule has 1 aromatic rings. The van der Waals surface area contributed by atoms with E-state index in [0.717, 1.165) is 0 Å². The molecular weight excluding hydrogens is 306 g/mol. The summed E-state index contributed by atoms with van der Waals surface area (Å²) < 4.78 is 5.73. The standard InChI is InChI=1S/C16H22ClNO4/c1-16(2,22-13-5-3-11(17)4-6-13)15(21)18-12-7-10(9-19)14(20)8-12/h3-6,10,12,14,19-20H,7-9H2,1-2H3,(H,18,21)/t10-,12-,14+/m0/s1. The van der Waals surface area contributed by atoms with Gasteiger partial charge in [0, 0.05) is 23.6 Å². The minimum Gasteiger partial charge on any atom is -0.478 e. The average molecular weight is 328 g/mol. The van der Waals surface area contributed by atoms with E-state index in [4.69, 9.17) is 21.4 Å². The highest BCUT2D eigenvalue weighted by molar-refractivity contribution is 6.30. The normalized spacial score (nSPS) is 25.0. The summed E-state index contributed by atoms with van der Waals surface area (Å²) in [5, 5.41) is 22.4. The lowest BCUT2D eigenvalue weighted by Gasteiger charge is -2.27. The molecule has 0 aliphatic heterocycles. The highest BCUT2D eigenvalue weighted by atomic mass is 35.5. The zero-order valence-corrected chi connectivity index (χ0v) is 13.5. The fraction of sp³-hybridized carbons (Fsp3) is 0.562. The third-order valence-corrected chi connectivity index (χ3v) is 4.21. The Morgan fingerprint density at radius 1 is 1.36 bits per heavy atom. The van der Waals surface area contributed by atoms with Crippen molar-refractivity contribution in [1.29, 1.82) is 0 Å². The van der Waals surface area contributed by atoms with Crippen molar-refractivity contribution < 1.29 is 19.7 Å². The van der Waals surface area contributed by atoms with Gasteiger partial charge in [0.1, 0.15) is 5.75 Å². The molecule has 1 aliphatic rings. The fourth-order valence-corrected chi connectivity index (χ4v) is 2.75. The molecule has 6 heteroatoms. The third kappa shape index (κ3) is 4.12. The molecule has 0 aromatic heterocycles. The topological polar surface area (TPSA) is 78.8 Å². The Hall–Kier alpha value is -1.30. The molecule has 0 radical (unpaired) electrons. The van der Waals surface area contributed by atoms with Gasteiger partial charge in [-0.15, -0.1) is 0 Å². The largest absolute Gasteiger partial charge is 0.478 e. The van der Waals surface area contributed by atoms with Crippen molar-refractivity contribution in [3.05, 3.63) is 29.3 Å². The second kappa shape index (κ2) is 6.86. The van der Waals surface area contributed by atoms with Gasteiger partial charge >= 0.3 is 0 Å². The SMILES string of the molecule is CC(C)(Oc1ccc(Cl)cc1)C(=O)N[C@H]1C[C@@H](CO)[C@H](O)C1. The van der Waals surface area contributed by atoms with Gasteiger partial charge < -0.3 is 20.3 Å². The molecule has 0 bridgehead atoms. The first-order valence-electron chi connectivity index (χ1n) is 7.36. The van der Waals surface area contributed by atoms with Gasteiger partial charge in [-0.3, -0.25) is 4.79 Å². The van der Waals surface area contributed by atoms with E-state index in [0.29, 0.717) is 23.6 Å². The molecule has 3 N–H and O–H groups in total. The number of carbonyl (C=O) groups excluding carboxylic acids is 1. The number of rotatable bonds is 5. The number of aliphatic hydroxyl groups excluding tert-OH is 2. The van der Waals surface area contributed by atoms with Crippen LogP contribution in [0, 0.1) is 5.92 Å². The second-order valence-corrected chi connectivity index (χ2v) is 6.65. The quantitative estimate of drug-likeness (QED) is 0.770. The smallest absolute Gasteiger partial charge is 0.263 e. The highest BCUT2D eigenvalue weighted by Crippen LogP contribution is 2.27. The summed E-state index contributed by atoms with van der Waals surface area (Å²) in [5.74, 6) is 0.132. The van der Waals surface area contributed by atoms with E-state index in [9.17, 15) is 9.90 Å². The molecule has 0 saturated heterocycles. The molecule has 2 rings (SSSR count). The van der Waals surface area contributed by atoms with Crippen LogP contribution in [0.2, 0.25) is 5.02 Å². The van der Waals surface area contributed by atoms with Gasteiger partial charge in [0.05, 0.1) is 6.10 Å². The van der Waals surface area contributed by atoms with Crippen LogP contribution >= 0.6 is 11.6 Å². The number of ether oxygens (including phenoxy) is 1. The zero-order chi connectivity index (χ0) is 16.3. The molecule has 122 valence electrons. The van der Waals surface area contributed by atoms with Gasteiger partial charge in [0.2, 0.25) is 0 Å². The number of halogens is 1. The van der Waals surface area contributed by atoms with Crippen LogP contribution in [0.3, 0.4) is 0 Å². The summed E-state index contributed by atoms with van der Waals surface area (Å²) >= 11 is 5.82. The maximum Gasteiger partial charge on any atom is 0.263 e. The van der Waals surface area contributed by atoms with Crippen molar-refractivity contribution in [3.63, 3.8) is 0 Å². The monoisotopic (exact) mass is 327 g/mol. The average Bonchev–Trinajstić information content (AvgIpc) is 2.81. The van der Waals surface area contributed by atoms with E-state index in [1.54, 1.807) is 38.1 Å². The van der Waals surface area contributed by atoms with E-state index < -0.39 is 11.7 Å². The lowest BCUT2D eigenvalue weighted by Crippen LogP contribution is -2.49. The Labute approximate surface area is 135 Å². The maximum absolute atomic E-state index is 12.4. The first-order chi connectivity index (χ1) is 10.3. The van der Waals surface area contributed by atoms with Gasteiger partial charge in [-0.25, -0.2) is 0 Å². The van der Waals surface area contributed by atoms with E-state index in [1.165, 1.54) is 0 Å². The van der Waals surface area contributed by atoms with Gasteiger partial charge in [0.25, 0.3) is 5.91 Å². The molecule has 3 atom stereocenters. The molecule has 22 heavy (non-hydrogen) atoms. The molecule has 1 amide bonds. The summed E-state index contributed by atoms with van der Waals surface area (Å²) in [6, 6.07) is 6.66. The van der Waals surface area contributed by atoms with Crippen LogP contribution in [-0.2, 0) is 4.79 Å². The van der Waals surface area contributed by atoms with Gasteiger partial charge in [-0.1, -0.05) is 11.6 Å². The van der Waals surface area contributed by atoms with E-state index >= 15 is 0 Å². The number of aliphatic hydroxyl groups is 2. The predicted octanol–water partition coefficient (Wildman–Crippen LogP) is 1.75. The number of carbonyl (C=O) groups is 1. The Morgan fingerprint density at radius 2 is 2.00 bits per heavy atom. The zero-order valence-electron chi connectivity index (χ0n) is 12.8. The fourth-order valence-electron chi connectivity index (χ4n) is 2.62. The summed E-state index contributed by atoms with van der Waals surface area (Å²) in [4.78, 5) is 12.4. The van der Waals surface area contributed by atoms with Crippen LogP contribution in [0.25, 0.3) is 0 Å². The number of hydrogen-bond donors (Lipinski definition) is 3. The molecular formula is C16H22ClNO4. The van der Waals surface area contributed by atoms with Gasteiger partial charge in [0.15, 0.2) is 5.60 Å². The highest BCUT2D eigenvalue weighted by Gasteiger charge is 2.37. The molecule has 5 nitrogen and oxygen atoms in total. The lowest BCUT2D eigenvalue weighted by atomic mass is 10.1. The van der Waals surface area contributed by atoms with Crippen molar-refractivity contribution in [3.8, 4) is 5.75 Å². The Bertz CT molecular complexity index is 517. The predicted molar refractivity (Wildman–Crippen MR) is 83.9 cm³/mol. The van der Waals surface area contributed by atoms with Crippen molar-refractivity contribution in [2.24, 2.45) is 5.92 Å². The Balaban J connectivity index is 1.94. The van der Waals surface area contributed by atoms with Crippen LogP contribution < -0.4 is 10.1 Å². The number of benzene rings is 1. The molecule has 1 aromatic carbocycles. The van der Waals surface area contributed by atoms with E-state index in [1.807, 2.05) is 0 Å². The van der Waals surface area contributed by atoms with Crippen molar-refractivity contribution in [2.75, 3.05) is 6.61 Å². The number of nitrogens with one attached hydrogen (secondary N) is 1.